The molecule has 1 heterocycles. The fourth-order valence-corrected chi connectivity index (χ4v) is 1.62. The molecule has 0 saturated carbocycles. The second kappa shape index (κ2) is 5.48. The Morgan fingerprint density at radius 1 is 1.42 bits per heavy atom. The molecule has 0 spiro atoms. The lowest BCUT2D eigenvalue weighted by Crippen LogP contribution is -2.37. The summed E-state index contributed by atoms with van der Waals surface area (Å²) in [4.78, 5) is 6.33. The molecule has 1 aliphatic rings. The molecular formula is C8H18N2O2. The molecule has 4 nitrogen and oxygen atoms in total. The number of nitrogens with two attached hydrogens (primary N) is 1. The van der Waals surface area contributed by atoms with Crippen LogP contribution in [-0.4, -0.2) is 42.9 Å². The first kappa shape index (κ1) is 9.92. The van der Waals surface area contributed by atoms with Crippen LogP contribution < -0.4 is 5.73 Å². The fourth-order valence-electron chi connectivity index (χ4n) is 1.62. The third kappa shape index (κ3) is 3.06. The van der Waals surface area contributed by atoms with Gasteiger partial charge in [-0.2, -0.15) is 0 Å². The van der Waals surface area contributed by atoms with Gasteiger partial charge in [0.05, 0.1) is 6.61 Å². The first-order valence-corrected chi connectivity index (χ1v) is 4.55. The van der Waals surface area contributed by atoms with Crippen molar-refractivity contribution in [2.75, 3.05) is 32.8 Å². The van der Waals surface area contributed by atoms with E-state index in [1.807, 2.05) is 0 Å². The Morgan fingerprint density at radius 3 is 2.58 bits per heavy atom. The van der Waals surface area contributed by atoms with Crippen molar-refractivity contribution in [1.29, 1.82) is 0 Å². The van der Waals surface area contributed by atoms with Crippen LogP contribution in [0.1, 0.15) is 12.8 Å². The molecule has 1 aliphatic heterocycles. The summed E-state index contributed by atoms with van der Waals surface area (Å²) in [6.45, 7) is 4.22. The second-order valence-electron chi connectivity index (χ2n) is 3.35. The lowest BCUT2D eigenvalue weighted by Gasteiger charge is -2.30. The molecule has 0 amide bonds. The van der Waals surface area contributed by atoms with E-state index in [1.54, 1.807) is 0 Å². The largest absolute Gasteiger partial charge is 0.330 e. The molecule has 1 rings (SSSR count). The maximum atomic E-state index is 8.15. The molecule has 0 bridgehead atoms. The van der Waals surface area contributed by atoms with Crippen molar-refractivity contribution in [2.45, 2.75) is 12.8 Å². The Hall–Kier alpha value is -0.160. The molecule has 0 aromatic heterocycles. The van der Waals surface area contributed by atoms with Gasteiger partial charge in [-0.1, -0.05) is 0 Å². The number of likely N-dealkylation sites (tertiary alicyclic amines) is 1. The molecule has 0 radical (unpaired) electrons. The molecule has 12 heavy (non-hydrogen) atoms. The van der Waals surface area contributed by atoms with Crippen molar-refractivity contribution in [3.8, 4) is 0 Å². The minimum Gasteiger partial charge on any atom is -0.330 e. The molecule has 1 saturated heterocycles. The van der Waals surface area contributed by atoms with Crippen LogP contribution in [0.3, 0.4) is 0 Å². The number of hydrogen-bond donors (Lipinski definition) is 2. The molecule has 0 aromatic carbocycles. The molecule has 0 unspecified atom stereocenters. The SMILES string of the molecule is NCC1CCN(CCOO)CC1. The monoisotopic (exact) mass is 174 g/mol. The van der Waals surface area contributed by atoms with Crippen molar-refractivity contribution in [3.05, 3.63) is 0 Å². The van der Waals surface area contributed by atoms with Gasteiger partial charge in [0.25, 0.3) is 0 Å². The van der Waals surface area contributed by atoms with Gasteiger partial charge in [0.1, 0.15) is 0 Å². The Kier molecular flexibility index (Phi) is 4.53. The van der Waals surface area contributed by atoms with E-state index in [0.717, 1.165) is 26.2 Å². The summed E-state index contributed by atoms with van der Waals surface area (Å²) in [7, 11) is 0. The maximum absolute atomic E-state index is 8.15. The predicted octanol–water partition coefficient (Wildman–Crippen LogP) is 0.147. The van der Waals surface area contributed by atoms with Gasteiger partial charge in [-0.25, -0.2) is 4.89 Å². The summed E-state index contributed by atoms with van der Waals surface area (Å²) in [5.74, 6) is 0.705. The summed E-state index contributed by atoms with van der Waals surface area (Å²) in [6, 6.07) is 0. The minimum absolute atomic E-state index is 0.410. The zero-order valence-corrected chi connectivity index (χ0v) is 7.41. The third-order valence-corrected chi connectivity index (χ3v) is 2.54. The van der Waals surface area contributed by atoms with E-state index in [9.17, 15) is 0 Å². The van der Waals surface area contributed by atoms with Crippen LogP contribution in [0.15, 0.2) is 0 Å². The Balaban J connectivity index is 2.09. The third-order valence-electron chi connectivity index (χ3n) is 2.54. The van der Waals surface area contributed by atoms with Crippen LogP contribution in [-0.2, 0) is 4.89 Å². The molecular weight excluding hydrogens is 156 g/mol. The van der Waals surface area contributed by atoms with Gasteiger partial charge in [0.2, 0.25) is 0 Å². The highest BCUT2D eigenvalue weighted by molar-refractivity contribution is 4.72. The summed E-state index contributed by atoms with van der Waals surface area (Å²) >= 11 is 0. The Morgan fingerprint density at radius 2 is 2.08 bits per heavy atom. The molecule has 4 heteroatoms. The number of piperidine rings is 1. The van der Waals surface area contributed by atoms with Crippen LogP contribution in [0.4, 0.5) is 0 Å². The lowest BCUT2D eigenvalue weighted by molar-refractivity contribution is -0.244. The van der Waals surface area contributed by atoms with Gasteiger partial charge >= 0.3 is 0 Å². The van der Waals surface area contributed by atoms with Gasteiger partial charge in [-0.15, -0.1) is 0 Å². The van der Waals surface area contributed by atoms with E-state index in [4.69, 9.17) is 11.0 Å². The van der Waals surface area contributed by atoms with Gasteiger partial charge in [0.15, 0.2) is 0 Å². The van der Waals surface area contributed by atoms with E-state index in [-0.39, 0.29) is 0 Å². The summed E-state index contributed by atoms with van der Waals surface area (Å²) in [5.41, 5.74) is 5.57. The van der Waals surface area contributed by atoms with E-state index in [2.05, 4.69) is 9.79 Å². The van der Waals surface area contributed by atoms with E-state index in [1.165, 1.54) is 12.8 Å². The van der Waals surface area contributed by atoms with Crippen LogP contribution in [0.5, 0.6) is 0 Å². The average molecular weight is 174 g/mol. The summed E-state index contributed by atoms with van der Waals surface area (Å²) in [6.07, 6.45) is 2.36. The Bertz CT molecular complexity index is 114. The molecule has 0 aromatic rings. The van der Waals surface area contributed by atoms with Crippen LogP contribution >= 0.6 is 0 Å². The van der Waals surface area contributed by atoms with Crippen molar-refractivity contribution in [2.24, 2.45) is 11.7 Å². The van der Waals surface area contributed by atoms with Gasteiger partial charge in [-0.05, 0) is 38.4 Å². The molecule has 3 N–H and O–H groups in total. The van der Waals surface area contributed by atoms with E-state index in [0.29, 0.717) is 12.5 Å². The van der Waals surface area contributed by atoms with Crippen molar-refractivity contribution >= 4 is 0 Å². The average Bonchev–Trinajstić information content (AvgIpc) is 2.15. The highest BCUT2D eigenvalue weighted by Crippen LogP contribution is 2.14. The highest BCUT2D eigenvalue weighted by Gasteiger charge is 2.17. The van der Waals surface area contributed by atoms with Gasteiger partial charge in [0, 0.05) is 6.54 Å². The van der Waals surface area contributed by atoms with E-state index < -0.39 is 0 Å². The molecule has 1 fully saturated rings. The van der Waals surface area contributed by atoms with Crippen molar-refractivity contribution in [1.82, 2.24) is 4.90 Å². The maximum Gasteiger partial charge on any atom is 0.0946 e. The van der Waals surface area contributed by atoms with Gasteiger partial charge in [-0.3, -0.25) is 5.26 Å². The van der Waals surface area contributed by atoms with Crippen LogP contribution in [0, 0.1) is 5.92 Å². The zero-order chi connectivity index (χ0) is 8.81. The first-order valence-electron chi connectivity index (χ1n) is 4.55. The van der Waals surface area contributed by atoms with Crippen LogP contribution in [0.2, 0.25) is 0 Å². The fraction of sp³-hybridized carbons (Fsp3) is 1.00. The van der Waals surface area contributed by atoms with Crippen molar-refractivity contribution < 1.29 is 10.1 Å². The molecule has 0 atom stereocenters. The van der Waals surface area contributed by atoms with Crippen LogP contribution in [0.25, 0.3) is 0 Å². The minimum atomic E-state index is 0.410. The van der Waals surface area contributed by atoms with Crippen molar-refractivity contribution in [3.63, 3.8) is 0 Å². The summed E-state index contributed by atoms with van der Waals surface area (Å²) in [5, 5.41) is 8.15. The Labute approximate surface area is 73.2 Å². The zero-order valence-electron chi connectivity index (χ0n) is 7.41. The highest BCUT2D eigenvalue weighted by atomic mass is 17.1. The topological polar surface area (TPSA) is 58.7 Å². The van der Waals surface area contributed by atoms with Gasteiger partial charge < -0.3 is 10.6 Å². The standard InChI is InChI=1S/C8H18N2O2/c9-7-8-1-3-10(4-2-8)5-6-12-11/h8,11H,1-7,9H2. The molecule has 0 aliphatic carbocycles. The normalized spacial score (nSPS) is 21.5. The molecule has 72 valence electrons. The quantitative estimate of drug-likeness (QED) is 0.470. The smallest absolute Gasteiger partial charge is 0.0946 e. The number of nitrogens with zero attached hydrogens (tertiary/aromatic N) is 1. The number of rotatable bonds is 4. The predicted molar refractivity (Wildman–Crippen MR) is 46.8 cm³/mol. The first-order chi connectivity index (χ1) is 5.86. The van der Waals surface area contributed by atoms with E-state index >= 15 is 0 Å². The number of hydrogen-bond acceptors (Lipinski definition) is 4. The second-order valence-corrected chi connectivity index (χ2v) is 3.35. The lowest BCUT2D eigenvalue weighted by atomic mass is 9.97. The summed E-state index contributed by atoms with van der Waals surface area (Å²) < 4.78 is 0.